The van der Waals surface area contributed by atoms with Gasteiger partial charge in [0.25, 0.3) is 0 Å². The summed E-state index contributed by atoms with van der Waals surface area (Å²) in [5.41, 5.74) is 2.50. The van der Waals surface area contributed by atoms with Crippen LogP contribution in [0.3, 0.4) is 0 Å². The quantitative estimate of drug-likeness (QED) is 0.866. The molecule has 1 aromatic rings. The van der Waals surface area contributed by atoms with Gasteiger partial charge in [0.2, 0.25) is 5.91 Å². The highest BCUT2D eigenvalue weighted by Gasteiger charge is 2.20. The van der Waals surface area contributed by atoms with Crippen LogP contribution >= 0.6 is 0 Å². The lowest BCUT2D eigenvalue weighted by Gasteiger charge is -2.28. The van der Waals surface area contributed by atoms with E-state index in [1.807, 2.05) is 0 Å². The van der Waals surface area contributed by atoms with Gasteiger partial charge < -0.3 is 10.6 Å². The molecule has 0 aromatic heterocycles. The van der Waals surface area contributed by atoms with Gasteiger partial charge >= 0.3 is 0 Å². The van der Waals surface area contributed by atoms with Crippen LogP contribution in [0.5, 0.6) is 0 Å². The summed E-state index contributed by atoms with van der Waals surface area (Å²) in [7, 11) is 0. The lowest BCUT2D eigenvalue weighted by atomic mass is 9.91. The molecule has 0 radical (unpaired) electrons. The average Bonchev–Trinajstić information content (AvgIpc) is 2.47. The Balaban J connectivity index is 1.73. The number of piperidine rings is 1. The molecule has 20 heavy (non-hydrogen) atoms. The lowest BCUT2D eigenvalue weighted by molar-refractivity contribution is -0.122. The van der Waals surface area contributed by atoms with Crippen molar-refractivity contribution in [1.29, 1.82) is 0 Å². The Bertz CT molecular complexity index is 421. The van der Waals surface area contributed by atoms with Gasteiger partial charge in [-0.15, -0.1) is 0 Å². The van der Waals surface area contributed by atoms with Gasteiger partial charge in [0.05, 0.1) is 0 Å². The summed E-state index contributed by atoms with van der Waals surface area (Å²) < 4.78 is 0. The summed E-state index contributed by atoms with van der Waals surface area (Å²) in [6.07, 6.45) is 3.74. The van der Waals surface area contributed by atoms with Crippen molar-refractivity contribution in [2.24, 2.45) is 5.92 Å². The van der Waals surface area contributed by atoms with E-state index in [-0.39, 0.29) is 5.91 Å². The van der Waals surface area contributed by atoms with Crippen molar-refractivity contribution in [3.8, 4) is 0 Å². The highest BCUT2D eigenvalue weighted by atomic mass is 16.1. The largest absolute Gasteiger partial charge is 0.353 e. The second kappa shape index (κ2) is 7.44. The summed E-state index contributed by atoms with van der Waals surface area (Å²) in [5, 5.41) is 6.53. The molecule has 2 rings (SSSR count). The van der Waals surface area contributed by atoms with Crippen LogP contribution in [0.15, 0.2) is 24.3 Å². The van der Waals surface area contributed by atoms with Crippen LogP contribution < -0.4 is 10.6 Å². The molecule has 3 heteroatoms. The van der Waals surface area contributed by atoms with Gasteiger partial charge in [-0.05, 0) is 57.7 Å². The van der Waals surface area contributed by atoms with Crippen molar-refractivity contribution in [1.82, 2.24) is 10.6 Å². The Morgan fingerprint density at radius 1 is 1.30 bits per heavy atom. The molecule has 1 unspecified atom stereocenters. The zero-order chi connectivity index (χ0) is 14.4. The van der Waals surface area contributed by atoms with E-state index in [0.29, 0.717) is 18.4 Å². The molecule has 1 aliphatic heterocycles. The van der Waals surface area contributed by atoms with E-state index < -0.39 is 0 Å². The molecule has 1 amide bonds. The first-order valence-electron chi connectivity index (χ1n) is 7.71. The lowest BCUT2D eigenvalue weighted by Crippen LogP contribution is -2.42. The Labute approximate surface area is 122 Å². The van der Waals surface area contributed by atoms with Gasteiger partial charge in [-0.25, -0.2) is 0 Å². The molecule has 1 heterocycles. The third kappa shape index (κ3) is 4.64. The minimum Gasteiger partial charge on any atom is -0.353 e. The standard InChI is InChI=1S/C17H26N2O/c1-13-3-5-15(6-4-13)7-8-17(20)19-14(2)16-9-11-18-12-10-16/h3-6,14,16,18H,7-12H2,1-2H3,(H,19,20). The van der Waals surface area contributed by atoms with Crippen LogP contribution in [0, 0.1) is 12.8 Å². The van der Waals surface area contributed by atoms with Gasteiger partial charge in [0, 0.05) is 12.5 Å². The number of amides is 1. The van der Waals surface area contributed by atoms with E-state index in [2.05, 4.69) is 48.7 Å². The molecule has 1 aromatic carbocycles. The Morgan fingerprint density at radius 3 is 2.60 bits per heavy atom. The third-order valence-electron chi connectivity index (χ3n) is 4.24. The summed E-state index contributed by atoms with van der Waals surface area (Å²) >= 11 is 0. The minimum atomic E-state index is 0.177. The fraction of sp³-hybridized carbons (Fsp3) is 0.588. The summed E-state index contributed by atoms with van der Waals surface area (Å²) in [4.78, 5) is 12.0. The molecule has 0 aliphatic carbocycles. The molecule has 0 spiro atoms. The van der Waals surface area contributed by atoms with Crippen molar-refractivity contribution in [2.75, 3.05) is 13.1 Å². The molecule has 0 saturated carbocycles. The number of nitrogens with one attached hydrogen (secondary N) is 2. The first-order chi connectivity index (χ1) is 9.65. The van der Waals surface area contributed by atoms with E-state index in [0.717, 1.165) is 19.5 Å². The maximum atomic E-state index is 12.0. The maximum absolute atomic E-state index is 12.0. The van der Waals surface area contributed by atoms with Gasteiger partial charge in [0.1, 0.15) is 0 Å². The summed E-state index contributed by atoms with van der Waals surface area (Å²) in [6, 6.07) is 8.72. The van der Waals surface area contributed by atoms with Crippen molar-refractivity contribution in [2.45, 2.75) is 45.6 Å². The minimum absolute atomic E-state index is 0.177. The molecular formula is C17H26N2O. The first kappa shape index (κ1) is 15.0. The van der Waals surface area contributed by atoms with Crippen molar-refractivity contribution < 1.29 is 4.79 Å². The number of carbonyl (C=O) groups excluding carboxylic acids is 1. The van der Waals surface area contributed by atoms with E-state index in [1.54, 1.807) is 0 Å². The number of hydrogen-bond acceptors (Lipinski definition) is 2. The zero-order valence-corrected chi connectivity index (χ0v) is 12.6. The normalized spacial score (nSPS) is 17.7. The molecule has 1 fully saturated rings. The molecule has 1 aliphatic rings. The van der Waals surface area contributed by atoms with Gasteiger partial charge in [-0.2, -0.15) is 0 Å². The second-order valence-electron chi connectivity index (χ2n) is 5.93. The SMILES string of the molecule is Cc1ccc(CCC(=O)NC(C)C2CCNCC2)cc1. The monoisotopic (exact) mass is 274 g/mol. The second-order valence-corrected chi connectivity index (χ2v) is 5.93. The van der Waals surface area contributed by atoms with Crippen LogP contribution in [-0.4, -0.2) is 25.0 Å². The fourth-order valence-electron chi connectivity index (χ4n) is 2.80. The fourth-order valence-corrected chi connectivity index (χ4v) is 2.80. The van der Waals surface area contributed by atoms with Crippen LogP contribution in [0.2, 0.25) is 0 Å². The van der Waals surface area contributed by atoms with E-state index in [4.69, 9.17) is 0 Å². The highest BCUT2D eigenvalue weighted by Crippen LogP contribution is 2.16. The Morgan fingerprint density at radius 2 is 1.95 bits per heavy atom. The smallest absolute Gasteiger partial charge is 0.220 e. The topological polar surface area (TPSA) is 41.1 Å². The first-order valence-corrected chi connectivity index (χ1v) is 7.71. The molecule has 110 valence electrons. The molecular weight excluding hydrogens is 248 g/mol. The van der Waals surface area contributed by atoms with Crippen LogP contribution in [0.25, 0.3) is 0 Å². The van der Waals surface area contributed by atoms with Crippen LogP contribution in [0.4, 0.5) is 0 Å². The predicted molar refractivity (Wildman–Crippen MR) is 82.7 cm³/mol. The molecule has 3 nitrogen and oxygen atoms in total. The van der Waals surface area contributed by atoms with Gasteiger partial charge in [-0.1, -0.05) is 29.8 Å². The average molecular weight is 274 g/mol. The van der Waals surface area contributed by atoms with Crippen molar-refractivity contribution in [3.63, 3.8) is 0 Å². The Hall–Kier alpha value is -1.35. The molecule has 1 atom stereocenters. The number of aryl methyl sites for hydroxylation is 2. The number of hydrogen-bond donors (Lipinski definition) is 2. The Kier molecular flexibility index (Phi) is 5.60. The van der Waals surface area contributed by atoms with Gasteiger partial charge in [0.15, 0.2) is 0 Å². The highest BCUT2D eigenvalue weighted by molar-refractivity contribution is 5.76. The molecule has 0 bridgehead atoms. The molecule has 2 N–H and O–H groups in total. The van der Waals surface area contributed by atoms with Crippen LogP contribution in [0.1, 0.15) is 37.3 Å². The zero-order valence-electron chi connectivity index (χ0n) is 12.6. The van der Waals surface area contributed by atoms with Gasteiger partial charge in [-0.3, -0.25) is 4.79 Å². The summed E-state index contributed by atoms with van der Waals surface area (Å²) in [5.74, 6) is 0.802. The summed E-state index contributed by atoms with van der Waals surface area (Å²) in [6.45, 7) is 6.37. The van der Waals surface area contributed by atoms with Crippen LogP contribution in [-0.2, 0) is 11.2 Å². The molecule has 1 saturated heterocycles. The predicted octanol–water partition coefficient (Wildman–Crippen LogP) is 2.43. The third-order valence-corrected chi connectivity index (χ3v) is 4.24. The van der Waals surface area contributed by atoms with Crippen molar-refractivity contribution in [3.05, 3.63) is 35.4 Å². The number of carbonyl (C=O) groups is 1. The van der Waals surface area contributed by atoms with E-state index in [9.17, 15) is 4.79 Å². The van der Waals surface area contributed by atoms with Crippen molar-refractivity contribution >= 4 is 5.91 Å². The number of rotatable bonds is 5. The maximum Gasteiger partial charge on any atom is 0.220 e. The van der Waals surface area contributed by atoms with E-state index in [1.165, 1.54) is 24.0 Å². The number of benzene rings is 1. The van der Waals surface area contributed by atoms with E-state index >= 15 is 0 Å².